The average molecular weight is 533 g/mol. The van der Waals surface area contributed by atoms with E-state index in [0.29, 0.717) is 0 Å². The van der Waals surface area contributed by atoms with Crippen LogP contribution in [-0.2, 0) is 13.0 Å². The molecular weight excluding hydrogens is 489 g/mol. The zero-order valence-corrected chi connectivity index (χ0v) is 24.4. The lowest BCUT2D eigenvalue weighted by atomic mass is 10.0. The summed E-state index contributed by atoms with van der Waals surface area (Å²) < 4.78 is 2.28. The Kier molecular flexibility index (Phi) is 11.0. The molecule has 0 atom stereocenters. The van der Waals surface area contributed by atoms with Gasteiger partial charge in [0.25, 0.3) is 0 Å². The van der Waals surface area contributed by atoms with Crippen LogP contribution in [0.1, 0.15) is 62.3 Å². The maximum absolute atomic E-state index is 4.87. The van der Waals surface area contributed by atoms with Crippen molar-refractivity contribution in [1.82, 2.24) is 24.3 Å². The summed E-state index contributed by atoms with van der Waals surface area (Å²) in [6.45, 7) is 20.0. The SMILES string of the molecule is CCc1nc2c(C)cc(C)nc2n1Cc1ccc(C=CCCN2CCN(C(C)(C)C)CC2)cc1.Cl.Cl. The Balaban J connectivity index is 0.00000228. The van der Waals surface area contributed by atoms with Crippen LogP contribution in [-0.4, -0.2) is 62.6 Å². The van der Waals surface area contributed by atoms with Crippen LogP contribution >= 0.6 is 24.8 Å². The Hall–Kier alpha value is -1.92. The predicted octanol–water partition coefficient (Wildman–Crippen LogP) is 6.32. The van der Waals surface area contributed by atoms with Crippen LogP contribution in [0.2, 0.25) is 0 Å². The maximum Gasteiger partial charge on any atom is 0.160 e. The molecule has 0 spiro atoms. The molecule has 0 aliphatic carbocycles. The molecule has 0 amide bonds. The fourth-order valence-electron chi connectivity index (χ4n) is 4.92. The number of hydrogen-bond acceptors (Lipinski definition) is 4. The van der Waals surface area contributed by atoms with Gasteiger partial charge in [-0.2, -0.15) is 0 Å². The van der Waals surface area contributed by atoms with Crippen molar-refractivity contribution in [2.75, 3.05) is 32.7 Å². The number of rotatable bonds is 7. The van der Waals surface area contributed by atoms with Gasteiger partial charge in [0.15, 0.2) is 5.65 Å². The van der Waals surface area contributed by atoms with E-state index in [0.717, 1.165) is 48.6 Å². The first-order chi connectivity index (χ1) is 16.2. The molecule has 0 unspecified atom stereocenters. The van der Waals surface area contributed by atoms with E-state index in [1.54, 1.807) is 0 Å². The zero-order valence-electron chi connectivity index (χ0n) is 22.8. The second-order valence-electron chi connectivity index (χ2n) is 10.7. The van der Waals surface area contributed by atoms with Crippen LogP contribution in [0.15, 0.2) is 36.4 Å². The highest BCUT2D eigenvalue weighted by Crippen LogP contribution is 2.21. The van der Waals surface area contributed by atoms with Gasteiger partial charge in [-0.3, -0.25) is 4.90 Å². The highest BCUT2D eigenvalue weighted by atomic mass is 35.5. The molecule has 0 saturated carbocycles. The van der Waals surface area contributed by atoms with Crippen molar-refractivity contribution < 1.29 is 0 Å². The normalized spacial score (nSPS) is 15.3. The average Bonchev–Trinajstić information content (AvgIpc) is 3.15. The number of benzene rings is 1. The molecule has 0 N–H and O–H groups in total. The lowest BCUT2D eigenvalue weighted by molar-refractivity contribution is 0.0632. The molecule has 3 aromatic rings. The third kappa shape index (κ3) is 7.32. The van der Waals surface area contributed by atoms with E-state index in [4.69, 9.17) is 9.97 Å². The van der Waals surface area contributed by atoms with Gasteiger partial charge in [0.05, 0.1) is 6.54 Å². The number of piperazine rings is 1. The van der Waals surface area contributed by atoms with Gasteiger partial charge in [-0.25, -0.2) is 9.97 Å². The van der Waals surface area contributed by atoms with E-state index in [9.17, 15) is 0 Å². The number of hydrogen-bond donors (Lipinski definition) is 0. The van der Waals surface area contributed by atoms with E-state index in [1.165, 1.54) is 42.9 Å². The molecule has 1 aliphatic heterocycles. The van der Waals surface area contributed by atoms with Crippen molar-refractivity contribution in [3.8, 4) is 0 Å². The van der Waals surface area contributed by atoms with Gasteiger partial charge < -0.3 is 9.47 Å². The summed E-state index contributed by atoms with van der Waals surface area (Å²) in [5.41, 5.74) is 7.11. The van der Waals surface area contributed by atoms with Gasteiger partial charge in [0, 0.05) is 50.4 Å². The maximum atomic E-state index is 4.87. The fraction of sp³-hybridized carbons (Fsp3) is 0.517. The molecule has 4 rings (SSSR count). The first-order valence-electron chi connectivity index (χ1n) is 12.8. The second-order valence-corrected chi connectivity index (χ2v) is 10.7. The van der Waals surface area contributed by atoms with Gasteiger partial charge in [0.1, 0.15) is 11.3 Å². The Morgan fingerprint density at radius 1 is 0.944 bits per heavy atom. The van der Waals surface area contributed by atoms with Crippen LogP contribution < -0.4 is 0 Å². The molecule has 0 radical (unpaired) electrons. The third-order valence-corrected chi connectivity index (χ3v) is 6.98. The molecule has 198 valence electrons. The predicted molar refractivity (Wildman–Crippen MR) is 158 cm³/mol. The molecule has 1 aromatic carbocycles. The molecule has 5 nitrogen and oxygen atoms in total. The number of nitrogens with zero attached hydrogens (tertiary/aromatic N) is 5. The standard InChI is InChI=1S/C29H41N5.2ClH/c1-7-26-31-27-22(2)20-23(3)30-28(27)34(26)21-25-13-11-24(12-14-25)10-8-9-15-32-16-18-33(19-17-32)29(4,5)6;;/h8,10-14,20H,7,9,15-19,21H2,1-6H3;2*1H. The van der Waals surface area contributed by atoms with Gasteiger partial charge in [-0.05, 0) is 63.8 Å². The van der Waals surface area contributed by atoms with Gasteiger partial charge in [-0.1, -0.05) is 43.3 Å². The number of pyridine rings is 1. The van der Waals surface area contributed by atoms with E-state index in [1.807, 2.05) is 0 Å². The lowest BCUT2D eigenvalue weighted by Gasteiger charge is -2.42. The van der Waals surface area contributed by atoms with Crippen LogP contribution in [0.4, 0.5) is 0 Å². The molecule has 1 saturated heterocycles. The largest absolute Gasteiger partial charge is 0.308 e. The van der Waals surface area contributed by atoms with Crippen LogP contribution in [0.25, 0.3) is 17.2 Å². The molecular formula is C29H43Cl2N5. The number of halogens is 2. The van der Waals surface area contributed by atoms with Crippen molar-refractivity contribution >= 4 is 42.1 Å². The monoisotopic (exact) mass is 531 g/mol. The Morgan fingerprint density at radius 2 is 1.61 bits per heavy atom. The van der Waals surface area contributed by atoms with Crippen molar-refractivity contribution in [1.29, 1.82) is 0 Å². The van der Waals surface area contributed by atoms with Crippen LogP contribution in [0.3, 0.4) is 0 Å². The van der Waals surface area contributed by atoms with Crippen molar-refractivity contribution in [3.63, 3.8) is 0 Å². The first-order valence-corrected chi connectivity index (χ1v) is 12.8. The number of imidazole rings is 1. The van der Waals surface area contributed by atoms with Crippen molar-refractivity contribution in [2.45, 2.75) is 66.5 Å². The first kappa shape index (κ1) is 30.3. The van der Waals surface area contributed by atoms with Gasteiger partial charge in [0.2, 0.25) is 0 Å². The van der Waals surface area contributed by atoms with Crippen LogP contribution in [0, 0.1) is 13.8 Å². The molecule has 1 fully saturated rings. The van der Waals surface area contributed by atoms with Crippen LogP contribution in [0.5, 0.6) is 0 Å². The topological polar surface area (TPSA) is 37.2 Å². The second kappa shape index (κ2) is 13.0. The summed E-state index contributed by atoms with van der Waals surface area (Å²) in [5, 5.41) is 0. The minimum absolute atomic E-state index is 0. The summed E-state index contributed by atoms with van der Waals surface area (Å²) in [6.07, 6.45) is 6.58. The summed E-state index contributed by atoms with van der Waals surface area (Å²) in [6, 6.07) is 11.0. The fourth-order valence-corrected chi connectivity index (χ4v) is 4.92. The number of fused-ring (bicyclic) bond motifs is 1. The Labute approximate surface area is 229 Å². The Morgan fingerprint density at radius 3 is 2.22 bits per heavy atom. The number of aromatic nitrogens is 3. The van der Waals surface area contributed by atoms with E-state index < -0.39 is 0 Å². The smallest absolute Gasteiger partial charge is 0.160 e. The van der Waals surface area contributed by atoms with Gasteiger partial charge in [-0.15, -0.1) is 24.8 Å². The van der Waals surface area contributed by atoms with Crippen molar-refractivity contribution in [2.24, 2.45) is 0 Å². The summed E-state index contributed by atoms with van der Waals surface area (Å²) >= 11 is 0. The molecule has 36 heavy (non-hydrogen) atoms. The minimum Gasteiger partial charge on any atom is -0.308 e. The Bertz CT molecular complexity index is 1140. The highest BCUT2D eigenvalue weighted by Gasteiger charge is 2.25. The number of aryl methyl sites for hydroxylation is 3. The summed E-state index contributed by atoms with van der Waals surface area (Å²) in [4.78, 5) is 14.9. The van der Waals surface area contributed by atoms with Crippen molar-refractivity contribution in [3.05, 3.63) is 64.6 Å². The third-order valence-electron chi connectivity index (χ3n) is 6.98. The minimum atomic E-state index is 0. The lowest BCUT2D eigenvalue weighted by Crippen LogP contribution is -2.53. The molecule has 1 aliphatic rings. The van der Waals surface area contributed by atoms with E-state index in [-0.39, 0.29) is 30.4 Å². The summed E-state index contributed by atoms with van der Waals surface area (Å²) in [5.74, 6) is 1.10. The quantitative estimate of drug-likeness (QED) is 0.357. The molecule has 3 heterocycles. The summed E-state index contributed by atoms with van der Waals surface area (Å²) in [7, 11) is 0. The van der Waals surface area contributed by atoms with E-state index in [2.05, 4.69) is 98.4 Å². The highest BCUT2D eigenvalue weighted by molar-refractivity contribution is 5.85. The van der Waals surface area contributed by atoms with E-state index >= 15 is 0 Å². The zero-order chi connectivity index (χ0) is 24.3. The van der Waals surface area contributed by atoms with Gasteiger partial charge >= 0.3 is 0 Å². The molecule has 7 heteroatoms. The molecule has 2 aromatic heterocycles. The molecule has 0 bridgehead atoms.